The Balaban J connectivity index is 1.45. The number of piperidine rings is 1. The Morgan fingerprint density at radius 1 is 0.778 bits per heavy atom. The van der Waals surface area contributed by atoms with Crippen LogP contribution in [0.4, 0.5) is 0 Å². The second kappa shape index (κ2) is 2.34. The van der Waals surface area contributed by atoms with Gasteiger partial charge in [0.05, 0.1) is 0 Å². The van der Waals surface area contributed by atoms with Gasteiger partial charge in [0.15, 0.2) is 0 Å². The van der Waals surface area contributed by atoms with Crippen LogP contribution in [-0.2, 0) is 0 Å². The zero-order chi connectivity index (χ0) is 11.3. The standard InChI is InChI=1S/C17H23N/c1-6-4-8-7-2-3-18-9(5-6)12-15-13-10(7)11(8)14(13)16(15)17(12)18/h6-17H,2-5H2,1H3. The summed E-state index contributed by atoms with van der Waals surface area (Å²) in [5, 5.41) is 0. The maximum absolute atomic E-state index is 3.01. The van der Waals surface area contributed by atoms with Gasteiger partial charge in [-0.25, -0.2) is 0 Å². The number of fused-ring (bicyclic) bond motifs is 16. The van der Waals surface area contributed by atoms with Gasteiger partial charge in [0.2, 0.25) is 0 Å². The van der Waals surface area contributed by atoms with Gasteiger partial charge in [-0.1, -0.05) is 6.92 Å². The van der Waals surface area contributed by atoms with Crippen molar-refractivity contribution in [3.8, 4) is 0 Å². The lowest BCUT2D eigenvalue weighted by Crippen LogP contribution is -2.90. The topological polar surface area (TPSA) is 3.24 Å². The molecule has 96 valence electrons. The monoisotopic (exact) mass is 241 g/mol. The summed E-state index contributed by atoms with van der Waals surface area (Å²) in [6, 6.07) is 2.15. The van der Waals surface area contributed by atoms with Crippen molar-refractivity contribution < 1.29 is 0 Å². The van der Waals surface area contributed by atoms with Crippen LogP contribution in [-0.4, -0.2) is 23.5 Å². The summed E-state index contributed by atoms with van der Waals surface area (Å²) in [7, 11) is 0. The van der Waals surface area contributed by atoms with Crippen molar-refractivity contribution in [2.45, 2.75) is 38.3 Å². The fourth-order valence-electron chi connectivity index (χ4n) is 9.03. The Kier molecular flexibility index (Phi) is 1.17. The van der Waals surface area contributed by atoms with Gasteiger partial charge in [0.25, 0.3) is 0 Å². The fourth-order valence-corrected chi connectivity index (χ4v) is 9.03. The van der Waals surface area contributed by atoms with E-state index in [0.717, 1.165) is 18.0 Å². The van der Waals surface area contributed by atoms with Crippen LogP contribution >= 0.6 is 0 Å². The van der Waals surface area contributed by atoms with Gasteiger partial charge >= 0.3 is 0 Å². The Morgan fingerprint density at radius 3 is 2.50 bits per heavy atom. The van der Waals surface area contributed by atoms with E-state index in [9.17, 15) is 0 Å². The van der Waals surface area contributed by atoms with Crippen LogP contribution in [0.5, 0.6) is 0 Å². The van der Waals surface area contributed by atoms with Gasteiger partial charge in [0, 0.05) is 12.1 Å². The van der Waals surface area contributed by atoms with Gasteiger partial charge in [-0.3, -0.25) is 4.90 Å². The molecular weight excluding hydrogens is 218 g/mol. The van der Waals surface area contributed by atoms with Crippen molar-refractivity contribution in [2.75, 3.05) is 6.54 Å². The Morgan fingerprint density at radius 2 is 1.56 bits per heavy atom. The predicted octanol–water partition coefficient (Wildman–Crippen LogP) is 2.47. The van der Waals surface area contributed by atoms with Gasteiger partial charge in [0.1, 0.15) is 0 Å². The highest BCUT2D eigenvalue weighted by Gasteiger charge is 2.85. The lowest BCUT2D eigenvalue weighted by molar-refractivity contribution is -0.406. The van der Waals surface area contributed by atoms with E-state index >= 15 is 0 Å². The summed E-state index contributed by atoms with van der Waals surface area (Å²) < 4.78 is 0. The average molecular weight is 241 g/mol. The minimum absolute atomic E-state index is 1.03. The molecule has 1 heteroatoms. The minimum Gasteiger partial charge on any atom is -0.296 e. The number of hydrogen-bond acceptors (Lipinski definition) is 1. The van der Waals surface area contributed by atoms with Crippen molar-refractivity contribution in [3.05, 3.63) is 0 Å². The molecule has 1 nitrogen and oxygen atoms in total. The molecular formula is C17H23N. The van der Waals surface area contributed by atoms with Crippen LogP contribution in [0.15, 0.2) is 0 Å². The number of nitrogens with zero attached hydrogens (tertiary/aromatic N) is 1. The highest BCUT2D eigenvalue weighted by atomic mass is 15.3. The van der Waals surface area contributed by atoms with E-state index in [-0.39, 0.29) is 0 Å². The summed E-state index contributed by atoms with van der Waals surface area (Å²) in [4.78, 5) is 3.01. The van der Waals surface area contributed by atoms with Crippen molar-refractivity contribution in [1.82, 2.24) is 4.90 Å². The van der Waals surface area contributed by atoms with Gasteiger partial charge in [-0.2, -0.15) is 0 Å². The first-order valence-electron chi connectivity index (χ1n) is 8.62. The molecule has 6 rings (SSSR count). The molecule has 0 aromatic carbocycles. The lowest BCUT2D eigenvalue weighted by Gasteiger charge is -2.88. The third-order valence-electron chi connectivity index (χ3n) is 9.18. The van der Waals surface area contributed by atoms with Gasteiger partial charge < -0.3 is 0 Å². The van der Waals surface area contributed by atoms with Gasteiger partial charge in [-0.15, -0.1) is 0 Å². The number of hydrogen-bond donors (Lipinski definition) is 0. The average Bonchev–Trinajstić information content (AvgIpc) is 2.43. The highest BCUT2D eigenvalue weighted by Crippen LogP contribution is 2.86. The molecule has 2 saturated heterocycles. The zero-order valence-corrected chi connectivity index (χ0v) is 11.2. The van der Waals surface area contributed by atoms with E-state index in [0.29, 0.717) is 0 Å². The van der Waals surface area contributed by atoms with E-state index in [1.54, 1.807) is 19.3 Å². The molecule has 4 aliphatic carbocycles. The molecule has 12 unspecified atom stereocenters. The second-order valence-electron chi connectivity index (χ2n) is 9.03. The SMILES string of the molecule is CC1CC2C3CCN4C(C1)C1C5C6C3C2C6C5C14. The number of rotatable bonds is 0. The van der Waals surface area contributed by atoms with E-state index in [1.165, 1.54) is 59.8 Å². The maximum Gasteiger partial charge on any atom is 0.0178 e. The molecule has 2 aliphatic heterocycles. The quantitative estimate of drug-likeness (QED) is 0.589. The third kappa shape index (κ3) is 0.603. The normalized spacial score (nSPS) is 80.5. The molecule has 2 heterocycles. The molecule has 6 fully saturated rings. The molecule has 0 spiro atoms. The van der Waals surface area contributed by atoms with Crippen LogP contribution < -0.4 is 0 Å². The molecule has 4 saturated carbocycles. The summed E-state index contributed by atoms with van der Waals surface area (Å²) in [6.45, 7) is 4.06. The van der Waals surface area contributed by atoms with Crippen LogP contribution in [0, 0.1) is 59.2 Å². The van der Waals surface area contributed by atoms with E-state index < -0.39 is 0 Å². The third-order valence-corrected chi connectivity index (χ3v) is 9.18. The Hall–Kier alpha value is -0.0400. The first-order valence-corrected chi connectivity index (χ1v) is 8.62. The minimum atomic E-state index is 1.03. The first-order chi connectivity index (χ1) is 8.86. The molecule has 18 heavy (non-hydrogen) atoms. The summed E-state index contributed by atoms with van der Waals surface area (Å²) >= 11 is 0. The molecule has 0 bridgehead atoms. The molecule has 0 aromatic rings. The van der Waals surface area contributed by atoms with Crippen LogP contribution in [0.1, 0.15) is 26.2 Å². The summed E-state index contributed by atoms with van der Waals surface area (Å²) in [6.07, 6.45) is 4.75. The van der Waals surface area contributed by atoms with Crippen molar-refractivity contribution in [2.24, 2.45) is 59.2 Å². The van der Waals surface area contributed by atoms with Crippen molar-refractivity contribution >= 4 is 0 Å². The fraction of sp³-hybridized carbons (Fsp3) is 1.00. The maximum atomic E-state index is 3.01. The van der Waals surface area contributed by atoms with Crippen molar-refractivity contribution in [1.29, 1.82) is 0 Å². The lowest BCUT2D eigenvalue weighted by atomic mass is 9.19. The smallest absolute Gasteiger partial charge is 0.0178 e. The van der Waals surface area contributed by atoms with E-state index in [2.05, 4.69) is 11.8 Å². The largest absolute Gasteiger partial charge is 0.296 e. The van der Waals surface area contributed by atoms with Crippen molar-refractivity contribution in [3.63, 3.8) is 0 Å². The van der Waals surface area contributed by atoms with E-state index in [4.69, 9.17) is 0 Å². The van der Waals surface area contributed by atoms with Gasteiger partial charge in [-0.05, 0) is 85.0 Å². The predicted molar refractivity (Wildman–Crippen MR) is 68.7 cm³/mol. The van der Waals surface area contributed by atoms with Crippen LogP contribution in [0.3, 0.4) is 0 Å². The van der Waals surface area contributed by atoms with E-state index in [1.807, 2.05) is 0 Å². The molecule has 12 atom stereocenters. The van der Waals surface area contributed by atoms with Crippen LogP contribution in [0.2, 0.25) is 0 Å². The molecule has 6 aliphatic rings. The zero-order valence-electron chi connectivity index (χ0n) is 11.2. The first kappa shape index (κ1) is 9.00. The van der Waals surface area contributed by atoms with Crippen LogP contribution in [0.25, 0.3) is 0 Å². The summed E-state index contributed by atoms with van der Waals surface area (Å²) in [5.74, 6) is 12.0. The molecule has 0 N–H and O–H groups in total. The highest BCUT2D eigenvalue weighted by molar-refractivity contribution is 5.34. The summed E-state index contributed by atoms with van der Waals surface area (Å²) in [5.41, 5.74) is 0. The Bertz CT molecular complexity index is 407. The molecule has 0 aromatic heterocycles. The molecule has 0 amide bonds. The second-order valence-corrected chi connectivity index (χ2v) is 9.03. The molecule has 0 radical (unpaired) electrons. The Labute approximate surface area is 109 Å².